The third-order valence-corrected chi connectivity index (χ3v) is 2.89. The molecule has 0 aromatic carbocycles. The second-order valence-corrected chi connectivity index (χ2v) is 4.47. The second kappa shape index (κ2) is 4.52. The van der Waals surface area contributed by atoms with Crippen molar-refractivity contribution in [1.29, 1.82) is 5.41 Å². The molecule has 1 heterocycles. The molecule has 1 rings (SSSR count). The second-order valence-electron chi connectivity index (χ2n) is 3.39. The summed E-state index contributed by atoms with van der Waals surface area (Å²) in [6, 6.07) is 0. The van der Waals surface area contributed by atoms with E-state index >= 15 is 0 Å². The summed E-state index contributed by atoms with van der Waals surface area (Å²) in [5.74, 6) is 0.129. The maximum absolute atomic E-state index is 7.41. The van der Waals surface area contributed by atoms with Crippen LogP contribution in [0.1, 0.15) is 22.5 Å². The third kappa shape index (κ3) is 2.52. The molecule has 1 aromatic rings. The largest absolute Gasteiger partial charge is 0.383 e. The summed E-state index contributed by atoms with van der Waals surface area (Å²) in [4.78, 5) is 7.33. The molecule has 0 unspecified atom stereocenters. The molecule has 0 amide bonds. The Kier molecular flexibility index (Phi) is 3.60. The first-order valence-electron chi connectivity index (χ1n) is 4.52. The number of aryl methyl sites for hydroxylation is 1. The molecule has 5 heteroatoms. The van der Waals surface area contributed by atoms with Gasteiger partial charge in [-0.1, -0.05) is 6.92 Å². The molecule has 0 fully saturated rings. The Labute approximate surface area is 88.3 Å². The summed E-state index contributed by atoms with van der Waals surface area (Å²) < 4.78 is 0. The van der Waals surface area contributed by atoms with Gasteiger partial charge in [0.2, 0.25) is 0 Å². The fourth-order valence-corrected chi connectivity index (χ4v) is 2.32. The number of amidine groups is 1. The number of nitrogen functional groups attached to an aromatic ring is 1. The SMILES string of the molecule is CCc1nc(CN(C)C)sc1C(=N)N. The molecule has 0 aliphatic carbocycles. The average Bonchev–Trinajstić information content (AvgIpc) is 2.46. The molecule has 0 aliphatic heterocycles. The Bertz CT molecular complexity index is 330. The van der Waals surface area contributed by atoms with Gasteiger partial charge >= 0.3 is 0 Å². The molecular weight excluding hydrogens is 196 g/mol. The minimum absolute atomic E-state index is 0.129. The smallest absolute Gasteiger partial charge is 0.135 e. The van der Waals surface area contributed by atoms with Crippen LogP contribution >= 0.6 is 11.3 Å². The van der Waals surface area contributed by atoms with Crippen LogP contribution in [0.5, 0.6) is 0 Å². The van der Waals surface area contributed by atoms with Gasteiger partial charge < -0.3 is 10.6 Å². The summed E-state index contributed by atoms with van der Waals surface area (Å²) in [5, 5.41) is 8.43. The lowest BCUT2D eigenvalue weighted by Gasteiger charge is -2.04. The maximum Gasteiger partial charge on any atom is 0.135 e. The van der Waals surface area contributed by atoms with Gasteiger partial charge in [-0.05, 0) is 20.5 Å². The van der Waals surface area contributed by atoms with Crippen LogP contribution in [0.25, 0.3) is 0 Å². The number of nitrogens with zero attached hydrogens (tertiary/aromatic N) is 2. The molecule has 0 atom stereocenters. The monoisotopic (exact) mass is 212 g/mol. The van der Waals surface area contributed by atoms with E-state index in [1.54, 1.807) is 0 Å². The van der Waals surface area contributed by atoms with Crippen molar-refractivity contribution in [2.24, 2.45) is 5.73 Å². The van der Waals surface area contributed by atoms with Crippen LogP contribution in [0, 0.1) is 5.41 Å². The van der Waals surface area contributed by atoms with Gasteiger partial charge in [0, 0.05) is 6.54 Å². The number of nitrogens with two attached hydrogens (primary N) is 1. The molecule has 3 N–H and O–H groups in total. The number of hydrogen-bond donors (Lipinski definition) is 2. The van der Waals surface area contributed by atoms with Gasteiger partial charge in [0.15, 0.2) is 0 Å². The van der Waals surface area contributed by atoms with E-state index in [0.717, 1.165) is 28.5 Å². The van der Waals surface area contributed by atoms with E-state index in [1.165, 1.54) is 11.3 Å². The molecule has 78 valence electrons. The Morgan fingerprint density at radius 3 is 2.57 bits per heavy atom. The molecule has 0 saturated carbocycles. The van der Waals surface area contributed by atoms with Gasteiger partial charge in [-0.3, -0.25) is 5.41 Å². The molecule has 1 aromatic heterocycles. The topological polar surface area (TPSA) is 66.0 Å². The number of nitrogens with one attached hydrogen (secondary N) is 1. The van der Waals surface area contributed by atoms with Crippen molar-refractivity contribution in [3.63, 3.8) is 0 Å². The maximum atomic E-state index is 7.41. The van der Waals surface area contributed by atoms with E-state index in [0.29, 0.717) is 0 Å². The van der Waals surface area contributed by atoms with Crippen molar-refractivity contribution >= 4 is 17.2 Å². The minimum atomic E-state index is 0.129. The van der Waals surface area contributed by atoms with E-state index in [-0.39, 0.29) is 5.84 Å². The van der Waals surface area contributed by atoms with Crippen molar-refractivity contribution in [3.05, 3.63) is 15.6 Å². The summed E-state index contributed by atoms with van der Waals surface area (Å²) in [5.41, 5.74) is 6.42. The van der Waals surface area contributed by atoms with Crippen LogP contribution in [-0.2, 0) is 13.0 Å². The Balaban J connectivity index is 2.94. The molecule has 14 heavy (non-hydrogen) atoms. The zero-order valence-corrected chi connectivity index (χ0v) is 9.61. The highest BCUT2D eigenvalue weighted by Gasteiger charge is 2.11. The van der Waals surface area contributed by atoms with Gasteiger partial charge in [-0.15, -0.1) is 11.3 Å². The fourth-order valence-electron chi connectivity index (χ4n) is 1.19. The van der Waals surface area contributed by atoms with Gasteiger partial charge in [-0.25, -0.2) is 4.98 Å². The highest BCUT2D eigenvalue weighted by atomic mass is 32.1. The van der Waals surface area contributed by atoms with Crippen LogP contribution in [0.2, 0.25) is 0 Å². The Morgan fingerprint density at radius 1 is 1.57 bits per heavy atom. The lowest BCUT2D eigenvalue weighted by molar-refractivity contribution is 0.401. The van der Waals surface area contributed by atoms with E-state index in [1.807, 2.05) is 21.0 Å². The van der Waals surface area contributed by atoms with E-state index in [9.17, 15) is 0 Å². The molecule has 0 spiro atoms. The van der Waals surface area contributed by atoms with E-state index in [4.69, 9.17) is 11.1 Å². The first kappa shape index (κ1) is 11.1. The van der Waals surface area contributed by atoms with Crippen LogP contribution in [0.4, 0.5) is 0 Å². The molecule has 0 aliphatic rings. The van der Waals surface area contributed by atoms with Crippen LogP contribution < -0.4 is 5.73 Å². The lowest BCUT2D eigenvalue weighted by Crippen LogP contribution is -2.11. The van der Waals surface area contributed by atoms with Crippen LogP contribution in [-0.4, -0.2) is 29.8 Å². The van der Waals surface area contributed by atoms with Crippen LogP contribution in [0.3, 0.4) is 0 Å². The number of thiazole rings is 1. The normalized spacial score (nSPS) is 10.9. The molecule has 0 saturated heterocycles. The first-order valence-corrected chi connectivity index (χ1v) is 5.34. The van der Waals surface area contributed by atoms with Crippen molar-refractivity contribution in [1.82, 2.24) is 9.88 Å². The van der Waals surface area contributed by atoms with Gasteiger partial charge in [0.05, 0.1) is 10.6 Å². The zero-order valence-electron chi connectivity index (χ0n) is 8.79. The molecule has 4 nitrogen and oxygen atoms in total. The van der Waals surface area contributed by atoms with Gasteiger partial charge in [-0.2, -0.15) is 0 Å². The quantitative estimate of drug-likeness (QED) is 0.579. The van der Waals surface area contributed by atoms with Crippen molar-refractivity contribution < 1.29 is 0 Å². The predicted octanol–water partition coefficient (Wildman–Crippen LogP) is 1.05. The van der Waals surface area contributed by atoms with E-state index < -0.39 is 0 Å². The standard InChI is InChI=1S/C9H16N4S/c1-4-6-8(9(10)11)14-7(12-6)5-13(2)3/h4-5H2,1-3H3,(H3,10,11). The van der Waals surface area contributed by atoms with Crippen molar-refractivity contribution in [2.45, 2.75) is 19.9 Å². The highest BCUT2D eigenvalue weighted by Crippen LogP contribution is 2.19. The zero-order chi connectivity index (χ0) is 10.7. The first-order chi connectivity index (χ1) is 6.54. The van der Waals surface area contributed by atoms with Gasteiger partial charge in [0.1, 0.15) is 10.8 Å². The van der Waals surface area contributed by atoms with Crippen molar-refractivity contribution in [2.75, 3.05) is 14.1 Å². The molecule has 0 bridgehead atoms. The van der Waals surface area contributed by atoms with Crippen molar-refractivity contribution in [3.8, 4) is 0 Å². The predicted molar refractivity (Wildman–Crippen MR) is 59.9 cm³/mol. The fraction of sp³-hybridized carbons (Fsp3) is 0.556. The molecular formula is C9H16N4S. The minimum Gasteiger partial charge on any atom is -0.383 e. The third-order valence-electron chi connectivity index (χ3n) is 1.77. The number of hydrogen-bond acceptors (Lipinski definition) is 4. The lowest BCUT2D eigenvalue weighted by atomic mass is 10.3. The summed E-state index contributed by atoms with van der Waals surface area (Å²) in [6.45, 7) is 2.84. The molecule has 0 radical (unpaired) electrons. The summed E-state index contributed by atoms with van der Waals surface area (Å²) in [6.07, 6.45) is 0.832. The highest BCUT2D eigenvalue weighted by molar-refractivity contribution is 7.13. The Morgan fingerprint density at radius 2 is 2.21 bits per heavy atom. The Hall–Kier alpha value is -0.940. The van der Waals surface area contributed by atoms with Gasteiger partial charge in [0.25, 0.3) is 0 Å². The summed E-state index contributed by atoms with van der Waals surface area (Å²) in [7, 11) is 4.00. The number of aromatic nitrogens is 1. The average molecular weight is 212 g/mol. The summed E-state index contributed by atoms with van der Waals surface area (Å²) >= 11 is 1.52. The number of rotatable bonds is 4. The van der Waals surface area contributed by atoms with Crippen LogP contribution in [0.15, 0.2) is 0 Å². The van der Waals surface area contributed by atoms with E-state index in [2.05, 4.69) is 9.88 Å².